The lowest BCUT2D eigenvalue weighted by atomic mass is 10.1. The average molecular weight is 358 g/mol. The van der Waals surface area contributed by atoms with Crippen molar-refractivity contribution < 1.29 is 13.2 Å². The van der Waals surface area contributed by atoms with Gasteiger partial charge >= 0.3 is 0 Å². The zero-order valence-corrected chi connectivity index (χ0v) is 14.9. The number of hydrogen-bond acceptors (Lipinski definition) is 4. The van der Waals surface area contributed by atoms with Crippen molar-refractivity contribution in [3.05, 3.63) is 53.6 Å². The number of morpholine rings is 1. The molecule has 0 atom stereocenters. The van der Waals surface area contributed by atoms with Crippen molar-refractivity contribution in [2.45, 2.75) is 24.2 Å². The van der Waals surface area contributed by atoms with Crippen molar-refractivity contribution in [2.24, 2.45) is 0 Å². The number of nitrogens with zero attached hydrogens (tertiary/aromatic N) is 1. The molecule has 0 spiro atoms. The quantitative estimate of drug-likeness (QED) is 0.913. The highest BCUT2D eigenvalue weighted by Gasteiger charge is 2.21. The first-order valence-corrected chi connectivity index (χ1v) is 10.2. The third-order valence-corrected chi connectivity index (χ3v) is 6.24. The summed E-state index contributed by atoms with van der Waals surface area (Å²) in [5.41, 5.74) is 3.94. The molecule has 132 valence electrons. The van der Waals surface area contributed by atoms with Crippen molar-refractivity contribution in [3.63, 3.8) is 0 Å². The molecule has 1 N–H and O–H groups in total. The average Bonchev–Trinajstić information content (AvgIpc) is 3.10. The van der Waals surface area contributed by atoms with Gasteiger partial charge in [-0.1, -0.05) is 18.2 Å². The van der Waals surface area contributed by atoms with Crippen molar-refractivity contribution >= 4 is 21.4 Å². The highest BCUT2D eigenvalue weighted by Crippen LogP contribution is 2.30. The van der Waals surface area contributed by atoms with E-state index >= 15 is 0 Å². The maximum Gasteiger partial charge on any atom is 0.261 e. The summed E-state index contributed by atoms with van der Waals surface area (Å²) in [5.74, 6) is 0. The fourth-order valence-corrected chi connectivity index (χ4v) is 4.68. The standard InChI is InChI=1S/C19H22N2O3S/c22-25(23,17-9-8-15-4-3-5-16(15)14-17)20-18-6-1-2-7-19(18)21-10-12-24-13-11-21/h1-2,6-9,14,20H,3-5,10-13H2. The summed E-state index contributed by atoms with van der Waals surface area (Å²) in [5, 5.41) is 0. The molecule has 1 aliphatic carbocycles. The zero-order valence-electron chi connectivity index (χ0n) is 14.1. The van der Waals surface area contributed by atoms with Crippen LogP contribution in [0.5, 0.6) is 0 Å². The Hall–Kier alpha value is -2.05. The summed E-state index contributed by atoms with van der Waals surface area (Å²) in [7, 11) is -3.60. The van der Waals surface area contributed by atoms with Gasteiger partial charge in [-0.05, 0) is 54.7 Å². The number of nitrogens with one attached hydrogen (secondary N) is 1. The summed E-state index contributed by atoms with van der Waals surface area (Å²) in [6.07, 6.45) is 3.11. The van der Waals surface area contributed by atoms with E-state index in [1.54, 1.807) is 6.07 Å². The molecule has 2 aromatic rings. The zero-order chi connectivity index (χ0) is 17.3. The predicted octanol–water partition coefficient (Wildman–Crippen LogP) is 2.81. The third-order valence-electron chi connectivity index (χ3n) is 4.88. The summed E-state index contributed by atoms with van der Waals surface area (Å²) in [6, 6.07) is 13.0. The van der Waals surface area contributed by atoms with Crippen LogP contribution in [-0.4, -0.2) is 34.7 Å². The Labute approximate surface area is 148 Å². The monoisotopic (exact) mass is 358 g/mol. The van der Waals surface area contributed by atoms with Gasteiger partial charge in [0.25, 0.3) is 10.0 Å². The maximum absolute atomic E-state index is 12.9. The van der Waals surface area contributed by atoms with Crippen molar-refractivity contribution in [1.82, 2.24) is 0 Å². The Morgan fingerprint density at radius 3 is 2.56 bits per heavy atom. The van der Waals surface area contributed by atoms with E-state index in [9.17, 15) is 8.42 Å². The molecule has 0 amide bonds. The van der Waals surface area contributed by atoms with Gasteiger partial charge in [0.05, 0.1) is 29.5 Å². The number of sulfonamides is 1. The van der Waals surface area contributed by atoms with Crippen LogP contribution in [0.15, 0.2) is 47.4 Å². The minimum Gasteiger partial charge on any atom is -0.378 e. The molecule has 2 aliphatic rings. The van der Waals surface area contributed by atoms with Crippen LogP contribution < -0.4 is 9.62 Å². The van der Waals surface area contributed by atoms with E-state index in [1.165, 1.54) is 5.56 Å². The van der Waals surface area contributed by atoms with Gasteiger partial charge in [-0.25, -0.2) is 8.42 Å². The number of hydrogen-bond donors (Lipinski definition) is 1. The lowest BCUT2D eigenvalue weighted by molar-refractivity contribution is 0.123. The number of ether oxygens (including phenoxy) is 1. The topological polar surface area (TPSA) is 58.6 Å². The molecule has 0 saturated carbocycles. The van der Waals surface area contributed by atoms with Crippen LogP contribution >= 0.6 is 0 Å². The molecule has 0 aromatic heterocycles. The number of benzene rings is 2. The Bertz CT molecular complexity index is 874. The van der Waals surface area contributed by atoms with Gasteiger partial charge in [0.15, 0.2) is 0 Å². The smallest absolute Gasteiger partial charge is 0.261 e. The van der Waals surface area contributed by atoms with Crippen LogP contribution in [0.1, 0.15) is 17.5 Å². The molecule has 0 bridgehead atoms. The number of anilines is 2. The third kappa shape index (κ3) is 3.37. The molecular formula is C19H22N2O3S. The van der Waals surface area contributed by atoms with Crippen LogP contribution in [0.25, 0.3) is 0 Å². The predicted molar refractivity (Wildman–Crippen MR) is 98.7 cm³/mol. The van der Waals surface area contributed by atoms with Gasteiger partial charge in [-0.2, -0.15) is 0 Å². The van der Waals surface area contributed by atoms with Gasteiger partial charge in [-0.15, -0.1) is 0 Å². The number of aryl methyl sites for hydroxylation is 2. The van der Waals surface area contributed by atoms with Crippen molar-refractivity contribution in [3.8, 4) is 0 Å². The van der Waals surface area contributed by atoms with Gasteiger partial charge in [0.1, 0.15) is 0 Å². The molecule has 2 aromatic carbocycles. The Morgan fingerprint density at radius 2 is 1.72 bits per heavy atom. The molecule has 0 unspecified atom stereocenters. The van der Waals surface area contributed by atoms with E-state index < -0.39 is 10.0 Å². The Balaban J connectivity index is 1.63. The molecule has 1 saturated heterocycles. The number of fused-ring (bicyclic) bond motifs is 1. The molecular weight excluding hydrogens is 336 g/mol. The second kappa shape index (κ2) is 6.69. The molecule has 25 heavy (non-hydrogen) atoms. The van der Waals surface area contributed by atoms with E-state index in [-0.39, 0.29) is 0 Å². The SMILES string of the molecule is O=S(=O)(Nc1ccccc1N1CCOCC1)c1ccc2c(c1)CCC2. The number of rotatable bonds is 4. The minimum absolute atomic E-state index is 0.338. The first-order chi connectivity index (χ1) is 12.1. The molecule has 1 fully saturated rings. The van der Waals surface area contributed by atoms with Crippen LogP contribution in [-0.2, 0) is 27.6 Å². The second-order valence-corrected chi connectivity index (χ2v) is 8.19. The van der Waals surface area contributed by atoms with Crippen molar-refractivity contribution in [2.75, 3.05) is 35.9 Å². The largest absolute Gasteiger partial charge is 0.378 e. The van der Waals surface area contributed by atoms with Gasteiger partial charge < -0.3 is 9.64 Å². The normalized spacial score (nSPS) is 17.4. The summed E-state index contributed by atoms with van der Waals surface area (Å²) >= 11 is 0. The highest BCUT2D eigenvalue weighted by atomic mass is 32.2. The van der Waals surface area contributed by atoms with Crippen LogP contribution in [0, 0.1) is 0 Å². The first-order valence-electron chi connectivity index (χ1n) is 8.70. The van der Waals surface area contributed by atoms with Crippen LogP contribution in [0.3, 0.4) is 0 Å². The second-order valence-electron chi connectivity index (χ2n) is 6.51. The molecule has 5 nitrogen and oxygen atoms in total. The van der Waals surface area contributed by atoms with Crippen LogP contribution in [0.2, 0.25) is 0 Å². The molecule has 0 radical (unpaired) electrons. The van der Waals surface area contributed by atoms with Crippen LogP contribution in [0.4, 0.5) is 11.4 Å². The molecule has 1 heterocycles. The molecule has 4 rings (SSSR count). The minimum atomic E-state index is -3.60. The maximum atomic E-state index is 12.9. The van der Waals surface area contributed by atoms with E-state index in [4.69, 9.17) is 4.74 Å². The first kappa shape index (κ1) is 16.4. The van der Waals surface area contributed by atoms with E-state index in [1.807, 2.05) is 36.4 Å². The van der Waals surface area contributed by atoms with Gasteiger partial charge in [0, 0.05) is 13.1 Å². The summed E-state index contributed by atoms with van der Waals surface area (Å²) in [4.78, 5) is 2.49. The van der Waals surface area contributed by atoms with Crippen molar-refractivity contribution in [1.29, 1.82) is 0 Å². The summed E-state index contributed by atoms with van der Waals surface area (Å²) in [6.45, 7) is 2.84. The number of para-hydroxylation sites is 2. The highest BCUT2D eigenvalue weighted by molar-refractivity contribution is 7.92. The Morgan fingerprint density at radius 1 is 0.960 bits per heavy atom. The summed E-state index contributed by atoms with van der Waals surface area (Å²) < 4.78 is 33.9. The fourth-order valence-electron chi connectivity index (χ4n) is 3.56. The molecule has 1 aliphatic heterocycles. The Kier molecular flexibility index (Phi) is 4.39. The van der Waals surface area contributed by atoms with Gasteiger partial charge in [0.2, 0.25) is 0 Å². The lowest BCUT2D eigenvalue weighted by Crippen LogP contribution is -2.36. The lowest BCUT2D eigenvalue weighted by Gasteiger charge is -2.30. The van der Waals surface area contributed by atoms with Gasteiger partial charge in [-0.3, -0.25) is 4.72 Å². The fraction of sp³-hybridized carbons (Fsp3) is 0.368. The van der Waals surface area contributed by atoms with E-state index in [2.05, 4.69) is 9.62 Å². The van der Waals surface area contributed by atoms with E-state index in [0.29, 0.717) is 23.8 Å². The van der Waals surface area contributed by atoms with E-state index in [0.717, 1.165) is 43.6 Å². The molecule has 6 heteroatoms.